The molecule has 0 radical (unpaired) electrons. The highest BCUT2D eigenvalue weighted by Gasteiger charge is 2.08. The summed E-state index contributed by atoms with van der Waals surface area (Å²) in [6.07, 6.45) is 0. The number of hydrogen-bond donors (Lipinski definition) is 2. The Kier molecular flexibility index (Phi) is 2.20. The van der Waals surface area contributed by atoms with Crippen molar-refractivity contribution in [3.63, 3.8) is 0 Å². The van der Waals surface area contributed by atoms with E-state index < -0.39 is 4.92 Å². The number of nitrogens with one attached hydrogen (secondary N) is 1. The maximum Gasteiger partial charge on any atom is 0.271 e. The lowest BCUT2D eigenvalue weighted by Gasteiger charge is -2.03. The Balaban J connectivity index is 2.56. The number of anilines is 1. The first-order chi connectivity index (χ1) is 7.58. The van der Waals surface area contributed by atoms with Crippen molar-refractivity contribution < 1.29 is 4.92 Å². The topological polar surface area (TPSA) is 107 Å². The molecule has 0 aliphatic rings. The van der Waals surface area contributed by atoms with Crippen molar-refractivity contribution in [2.75, 3.05) is 5.73 Å². The molecular weight excluding hydrogens is 212 g/mol. The first kappa shape index (κ1) is 9.97. The van der Waals surface area contributed by atoms with Crippen LogP contribution in [0.25, 0.3) is 5.69 Å². The molecule has 16 heavy (non-hydrogen) atoms. The van der Waals surface area contributed by atoms with E-state index in [0.717, 1.165) is 0 Å². The highest BCUT2D eigenvalue weighted by Crippen LogP contribution is 2.17. The molecule has 0 unspecified atom stereocenters. The number of nitro benzene ring substituents is 1. The van der Waals surface area contributed by atoms with E-state index in [-0.39, 0.29) is 17.1 Å². The predicted molar refractivity (Wildman–Crippen MR) is 57.5 cm³/mol. The summed E-state index contributed by atoms with van der Waals surface area (Å²) >= 11 is 0. The molecule has 0 saturated heterocycles. The third-order valence-corrected chi connectivity index (χ3v) is 2.06. The normalized spacial score (nSPS) is 10.2. The SMILES string of the molecule is Nc1cc(=O)[nH]n1-c1cccc([N+](=O)[O-])c1. The molecule has 1 aromatic heterocycles. The van der Waals surface area contributed by atoms with Crippen LogP contribution in [0.1, 0.15) is 0 Å². The van der Waals surface area contributed by atoms with Crippen molar-refractivity contribution in [1.82, 2.24) is 9.78 Å². The standard InChI is InChI=1S/C9H8N4O3/c10-8-5-9(14)11-12(8)6-2-1-3-7(4-6)13(15)16/h1-5H,10H2,(H,11,14). The van der Waals surface area contributed by atoms with Crippen LogP contribution in [0.3, 0.4) is 0 Å². The molecule has 0 fully saturated rings. The highest BCUT2D eigenvalue weighted by molar-refractivity contribution is 5.47. The largest absolute Gasteiger partial charge is 0.384 e. The minimum Gasteiger partial charge on any atom is -0.384 e. The predicted octanol–water partition coefficient (Wildman–Crippen LogP) is 0.656. The summed E-state index contributed by atoms with van der Waals surface area (Å²) < 4.78 is 1.29. The number of aromatic nitrogens is 2. The van der Waals surface area contributed by atoms with E-state index >= 15 is 0 Å². The first-order valence-electron chi connectivity index (χ1n) is 4.40. The van der Waals surface area contributed by atoms with Crippen LogP contribution < -0.4 is 11.3 Å². The van der Waals surface area contributed by atoms with Gasteiger partial charge >= 0.3 is 0 Å². The van der Waals surface area contributed by atoms with Crippen LogP contribution in [-0.4, -0.2) is 14.7 Å². The summed E-state index contributed by atoms with van der Waals surface area (Å²) in [7, 11) is 0. The molecule has 0 bridgehead atoms. The van der Waals surface area contributed by atoms with Crippen LogP contribution in [0.2, 0.25) is 0 Å². The van der Waals surface area contributed by atoms with Crippen LogP contribution in [0.15, 0.2) is 35.1 Å². The Morgan fingerprint density at radius 2 is 2.12 bits per heavy atom. The average Bonchev–Trinajstić information content (AvgIpc) is 2.58. The van der Waals surface area contributed by atoms with Gasteiger partial charge in [0.15, 0.2) is 0 Å². The fraction of sp³-hybridized carbons (Fsp3) is 0. The molecule has 1 aromatic carbocycles. The van der Waals surface area contributed by atoms with Crippen LogP contribution in [0.4, 0.5) is 11.5 Å². The van der Waals surface area contributed by atoms with Crippen molar-refractivity contribution in [3.05, 3.63) is 50.8 Å². The van der Waals surface area contributed by atoms with Gasteiger partial charge in [-0.25, -0.2) is 4.68 Å². The van der Waals surface area contributed by atoms with Crippen LogP contribution in [-0.2, 0) is 0 Å². The Bertz CT molecular complexity index is 599. The second kappa shape index (κ2) is 3.54. The van der Waals surface area contributed by atoms with Crippen LogP contribution in [0, 0.1) is 10.1 Å². The van der Waals surface area contributed by atoms with Crippen molar-refractivity contribution >= 4 is 11.5 Å². The van der Waals surface area contributed by atoms with Crippen LogP contribution in [0.5, 0.6) is 0 Å². The van der Waals surface area contributed by atoms with E-state index in [4.69, 9.17) is 5.73 Å². The number of nitrogen functional groups attached to an aromatic ring is 1. The van der Waals surface area contributed by atoms with Crippen molar-refractivity contribution in [2.45, 2.75) is 0 Å². The molecular formula is C9H8N4O3. The van der Waals surface area contributed by atoms with E-state index in [2.05, 4.69) is 5.10 Å². The molecule has 0 spiro atoms. The third kappa shape index (κ3) is 1.65. The zero-order valence-electron chi connectivity index (χ0n) is 8.08. The summed E-state index contributed by atoms with van der Waals surface area (Å²) in [6, 6.07) is 7.02. The van der Waals surface area contributed by atoms with Crippen molar-refractivity contribution in [3.8, 4) is 5.69 Å². The molecule has 0 aliphatic heterocycles. The Morgan fingerprint density at radius 3 is 2.69 bits per heavy atom. The Hall–Kier alpha value is -2.57. The summed E-state index contributed by atoms with van der Waals surface area (Å²) in [5.74, 6) is 0.200. The lowest BCUT2D eigenvalue weighted by Crippen LogP contribution is -2.05. The zero-order chi connectivity index (χ0) is 11.7. The van der Waals surface area contributed by atoms with Gasteiger partial charge in [0.1, 0.15) is 5.82 Å². The van der Waals surface area contributed by atoms with Crippen molar-refractivity contribution in [2.24, 2.45) is 0 Å². The number of nitrogens with zero attached hydrogens (tertiary/aromatic N) is 2. The summed E-state index contributed by atoms with van der Waals surface area (Å²) in [6.45, 7) is 0. The summed E-state index contributed by atoms with van der Waals surface area (Å²) in [4.78, 5) is 21.1. The number of nitrogens with two attached hydrogens (primary N) is 1. The Morgan fingerprint density at radius 1 is 1.38 bits per heavy atom. The van der Waals surface area contributed by atoms with Crippen LogP contribution >= 0.6 is 0 Å². The third-order valence-electron chi connectivity index (χ3n) is 2.06. The fourth-order valence-corrected chi connectivity index (χ4v) is 1.37. The highest BCUT2D eigenvalue weighted by atomic mass is 16.6. The molecule has 0 amide bonds. The number of rotatable bonds is 2. The maximum absolute atomic E-state index is 11.0. The second-order valence-electron chi connectivity index (χ2n) is 3.16. The zero-order valence-corrected chi connectivity index (χ0v) is 8.08. The minimum absolute atomic E-state index is 0.0635. The van der Waals surface area contributed by atoms with Gasteiger partial charge in [-0.1, -0.05) is 6.07 Å². The molecule has 1 heterocycles. The lowest BCUT2D eigenvalue weighted by atomic mass is 10.3. The number of H-pyrrole nitrogens is 1. The smallest absolute Gasteiger partial charge is 0.271 e. The van der Waals surface area contributed by atoms with Gasteiger partial charge in [0.05, 0.1) is 10.6 Å². The quantitative estimate of drug-likeness (QED) is 0.572. The number of non-ortho nitro benzene ring substituents is 1. The monoisotopic (exact) mass is 220 g/mol. The molecule has 0 saturated carbocycles. The lowest BCUT2D eigenvalue weighted by molar-refractivity contribution is -0.384. The van der Waals surface area contributed by atoms with Gasteiger partial charge in [0, 0.05) is 18.2 Å². The molecule has 2 rings (SSSR count). The molecule has 2 aromatic rings. The molecule has 7 heteroatoms. The fourth-order valence-electron chi connectivity index (χ4n) is 1.37. The van der Waals surface area contributed by atoms with Gasteiger partial charge in [-0.05, 0) is 6.07 Å². The van der Waals surface area contributed by atoms with Gasteiger partial charge in [0.2, 0.25) is 0 Å². The van der Waals surface area contributed by atoms with Crippen molar-refractivity contribution in [1.29, 1.82) is 0 Å². The first-order valence-corrected chi connectivity index (χ1v) is 4.40. The van der Waals surface area contributed by atoms with E-state index in [1.165, 1.54) is 28.9 Å². The maximum atomic E-state index is 11.0. The molecule has 7 nitrogen and oxygen atoms in total. The number of aromatic amines is 1. The minimum atomic E-state index is -0.513. The molecule has 3 N–H and O–H groups in total. The van der Waals surface area contributed by atoms with Gasteiger partial charge in [-0.15, -0.1) is 0 Å². The summed E-state index contributed by atoms with van der Waals surface area (Å²) in [5, 5.41) is 13.0. The average molecular weight is 220 g/mol. The molecule has 0 aliphatic carbocycles. The van der Waals surface area contributed by atoms with Gasteiger partial charge < -0.3 is 5.73 Å². The Labute approximate surface area is 89.3 Å². The van der Waals surface area contributed by atoms with Gasteiger partial charge in [-0.2, -0.15) is 0 Å². The summed E-state index contributed by atoms with van der Waals surface area (Å²) in [5.41, 5.74) is 5.58. The second-order valence-corrected chi connectivity index (χ2v) is 3.16. The number of nitro groups is 1. The molecule has 0 atom stereocenters. The van der Waals surface area contributed by atoms with E-state index in [0.29, 0.717) is 5.69 Å². The van der Waals surface area contributed by atoms with E-state index in [1.54, 1.807) is 6.07 Å². The van der Waals surface area contributed by atoms with E-state index in [1.807, 2.05) is 0 Å². The van der Waals surface area contributed by atoms with E-state index in [9.17, 15) is 14.9 Å². The van der Waals surface area contributed by atoms with Gasteiger partial charge in [0.25, 0.3) is 11.2 Å². The molecule has 82 valence electrons. The number of hydrogen-bond acceptors (Lipinski definition) is 4. The number of benzene rings is 1. The van der Waals surface area contributed by atoms with Gasteiger partial charge in [-0.3, -0.25) is 20.0 Å².